The van der Waals surface area contributed by atoms with Crippen molar-refractivity contribution in [3.05, 3.63) is 52.8 Å². The van der Waals surface area contributed by atoms with E-state index in [1.54, 1.807) is 14.2 Å². The Morgan fingerprint density at radius 3 is 2.22 bits per heavy atom. The van der Waals surface area contributed by atoms with E-state index in [2.05, 4.69) is 32.1 Å². The molecular formula is C16H20O2. The molecule has 2 heteroatoms. The smallest absolute Gasteiger partial charge is 0.118 e. The lowest BCUT2D eigenvalue weighted by molar-refractivity contribution is 0.286. The average Bonchev–Trinajstić information content (AvgIpc) is 2.83. The third kappa shape index (κ3) is 2.42. The quantitative estimate of drug-likeness (QED) is 0.747. The summed E-state index contributed by atoms with van der Waals surface area (Å²) in [4.78, 5) is 0. The van der Waals surface area contributed by atoms with Crippen LogP contribution in [0.15, 0.2) is 47.2 Å². The second-order valence-electron chi connectivity index (χ2n) is 4.79. The maximum absolute atomic E-state index is 5.39. The van der Waals surface area contributed by atoms with Crippen molar-refractivity contribution >= 4 is 0 Å². The second-order valence-corrected chi connectivity index (χ2v) is 4.79. The van der Waals surface area contributed by atoms with Crippen LogP contribution in [0.3, 0.4) is 0 Å². The summed E-state index contributed by atoms with van der Waals surface area (Å²) < 4.78 is 10.6. The van der Waals surface area contributed by atoms with Crippen LogP contribution < -0.4 is 4.74 Å². The molecule has 1 aromatic carbocycles. The van der Waals surface area contributed by atoms with Crippen LogP contribution in [0.1, 0.15) is 31.7 Å². The summed E-state index contributed by atoms with van der Waals surface area (Å²) in [6.07, 6.45) is 3.14. The van der Waals surface area contributed by atoms with Gasteiger partial charge in [-0.1, -0.05) is 23.3 Å². The molecule has 0 saturated heterocycles. The van der Waals surface area contributed by atoms with Gasteiger partial charge in [-0.25, -0.2) is 0 Å². The molecule has 1 aromatic rings. The van der Waals surface area contributed by atoms with Crippen molar-refractivity contribution in [2.45, 2.75) is 26.2 Å². The molecule has 0 spiro atoms. The summed E-state index contributed by atoms with van der Waals surface area (Å²) in [6.45, 7) is 4.33. The molecule has 0 saturated carbocycles. The Labute approximate surface area is 109 Å². The first-order valence-electron chi connectivity index (χ1n) is 6.20. The van der Waals surface area contributed by atoms with Gasteiger partial charge in [0.1, 0.15) is 5.75 Å². The van der Waals surface area contributed by atoms with Gasteiger partial charge in [0.15, 0.2) is 0 Å². The largest absolute Gasteiger partial charge is 0.501 e. The zero-order chi connectivity index (χ0) is 13.1. The van der Waals surface area contributed by atoms with Crippen LogP contribution >= 0.6 is 0 Å². The number of ether oxygens (including phenoxy) is 2. The standard InChI is InChI=1S/C16H20O2/c1-11(2)15-9-14(18-4)10-16(15)12-5-7-13(17-3)8-6-12/h5-8,10,16H,9H2,1-4H3. The summed E-state index contributed by atoms with van der Waals surface area (Å²) in [5, 5.41) is 0. The molecule has 0 fully saturated rings. The zero-order valence-electron chi connectivity index (χ0n) is 11.5. The molecule has 0 heterocycles. The van der Waals surface area contributed by atoms with Gasteiger partial charge in [0.05, 0.1) is 20.0 Å². The Balaban J connectivity index is 2.34. The lowest BCUT2D eigenvalue weighted by Crippen LogP contribution is -1.97. The van der Waals surface area contributed by atoms with Crippen molar-refractivity contribution < 1.29 is 9.47 Å². The van der Waals surface area contributed by atoms with Gasteiger partial charge in [-0.05, 0) is 37.6 Å². The highest BCUT2D eigenvalue weighted by molar-refractivity contribution is 5.44. The van der Waals surface area contributed by atoms with Crippen LogP contribution in [0, 0.1) is 0 Å². The van der Waals surface area contributed by atoms with E-state index in [9.17, 15) is 0 Å². The molecule has 0 N–H and O–H groups in total. The van der Waals surface area contributed by atoms with Crippen LogP contribution in [0.5, 0.6) is 5.75 Å². The van der Waals surface area contributed by atoms with Crippen LogP contribution in [0.2, 0.25) is 0 Å². The number of benzene rings is 1. The first-order chi connectivity index (χ1) is 8.65. The maximum atomic E-state index is 5.39. The molecule has 0 aliphatic heterocycles. The predicted molar refractivity (Wildman–Crippen MR) is 73.8 cm³/mol. The third-order valence-corrected chi connectivity index (χ3v) is 3.47. The average molecular weight is 244 g/mol. The van der Waals surface area contributed by atoms with Crippen LogP contribution in [0.4, 0.5) is 0 Å². The molecule has 96 valence electrons. The van der Waals surface area contributed by atoms with Gasteiger partial charge in [-0.2, -0.15) is 0 Å². The van der Waals surface area contributed by atoms with Gasteiger partial charge in [-0.3, -0.25) is 0 Å². The summed E-state index contributed by atoms with van der Waals surface area (Å²) in [5.74, 6) is 2.30. The monoisotopic (exact) mass is 244 g/mol. The summed E-state index contributed by atoms with van der Waals surface area (Å²) in [5.41, 5.74) is 4.11. The fourth-order valence-corrected chi connectivity index (χ4v) is 2.38. The zero-order valence-corrected chi connectivity index (χ0v) is 11.5. The highest BCUT2D eigenvalue weighted by atomic mass is 16.5. The van der Waals surface area contributed by atoms with Crippen molar-refractivity contribution in [3.8, 4) is 5.75 Å². The molecule has 0 amide bonds. The number of allylic oxidation sites excluding steroid dienone is 3. The molecule has 1 aliphatic rings. The normalized spacial score (nSPS) is 18.6. The minimum Gasteiger partial charge on any atom is -0.501 e. The number of hydrogen-bond acceptors (Lipinski definition) is 2. The topological polar surface area (TPSA) is 18.5 Å². The van der Waals surface area contributed by atoms with Gasteiger partial charge < -0.3 is 9.47 Å². The highest BCUT2D eigenvalue weighted by Crippen LogP contribution is 2.39. The lowest BCUT2D eigenvalue weighted by Gasteiger charge is -2.13. The van der Waals surface area contributed by atoms with Crippen molar-refractivity contribution in [2.24, 2.45) is 0 Å². The molecule has 1 unspecified atom stereocenters. The summed E-state index contributed by atoms with van der Waals surface area (Å²) in [7, 11) is 3.43. The molecule has 0 aromatic heterocycles. The Morgan fingerprint density at radius 2 is 1.72 bits per heavy atom. The second kappa shape index (κ2) is 5.30. The van der Waals surface area contributed by atoms with Gasteiger partial charge >= 0.3 is 0 Å². The minimum absolute atomic E-state index is 0.343. The lowest BCUT2D eigenvalue weighted by atomic mass is 9.91. The van der Waals surface area contributed by atoms with Gasteiger partial charge in [0, 0.05) is 12.3 Å². The molecule has 1 atom stereocenters. The van der Waals surface area contributed by atoms with Crippen molar-refractivity contribution in [2.75, 3.05) is 14.2 Å². The Kier molecular flexibility index (Phi) is 3.75. The van der Waals surface area contributed by atoms with E-state index in [0.29, 0.717) is 5.92 Å². The third-order valence-electron chi connectivity index (χ3n) is 3.47. The highest BCUT2D eigenvalue weighted by Gasteiger charge is 2.24. The molecule has 18 heavy (non-hydrogen) atoms. The first-order valence-corrected chi connectivity index (χ1v) is 6.20. The fraction of sp³-hybridized carbons (Fsp3) is 0.375. The molecule has 1 aliphatic carbocycles. The van der Waals surface area contributed by atoms with E-state index in [4.69, 9.17) is 9.47 Å². The Hall–Kier alpha value is -1.70. The van der Waals surface area contributed by atoms with Crippen molar-refractivity contribution in [1.29, 1.82) is 0 Å². The van der Waals surface area contributed by atoms with Gasteiger partial charge in [0.2, 0.25) is 0 Å². The summed E-state index contributed by atoms with van der Waals surface area (Å²) >= 11 is 0. The van der Waals surface area contributed by atoms with E-state index in [1.165, 1.54) is 16.7 Å². The molecule has 0 radical (unpaired) electrons. The molecule has 2 nitrogen and oxygen atoms in total. The fourth-order valence-electron chi connectivity index (χ4n) is 2.38. The van der Waals surface area contributed by atoms with E-state index in [1.807, 2.05) is 12.1 Å². The van der Waals surface area contributed by atoms with E-state index < -0.39 is 0 Å². The summed E-state index contributed by atoms with van der Waals surface area (Å²) in [6, 6.07) is 8.27. The molecular weight excluding hydrogens is 224 g/mol. The van der Waals surface area contributed by atoms with Crippen LogP contribution in [0.25, 0.3) is 0 Å². The molecule has 0 bridgehead atoms. The first kappa shape index (κ1) is 12.7. The van der Waals surface area contributed by atoms with E-state index in [-0.39, 0.29) is 0 Å². The number of rotatable bonds is 3. The minimum atomic E-state index is 0.343. The number of methoxy groups -OCH3 is 2. The van der Waals surface area contributed by atoms with E-state index in [0.717, 1.165) is 17.9 Å². The van der Waals surface area contributed by atoms with Gasteiger partial charge in [0.25, 0.3) is 0 Å². The predicted octanol–water partition coefficient (Wildman–Crippen LogP) is 4.05. The van der Waals surface area contributed by atoms with E-state index >= 15 is 0 Å². The maximum Gasteiger partial charge on any atom is 0.118 e. The Bertz CT molecular complexity index is 476. The molecule has 2 rings (SSSR count). The SMILES string of the molecule is COC1=CC(c2ccc(OC)cc2)C(=C(C)C)C1. The van der Waals surface area contributed by atoms with Crippen LogP contribution in [-0.2, 0) is 4.74 Å². The van der Waals surface area contributed by atoms with Gasteiger partial charge in [-0.15, -0.1) is 0 Å². The Morgan fingerprint density at radius 1 is 1.06 bits per heavy atom. The van der Waals surface area contributed by atoms with Crippen molar-refractivity contribution in [1.82, 2.24) is 0 Å². The van der Waals surface area contributed by atoms with Crippen LogP contribution in [-0.4, -0.2) is 14.2 Å². The number of hydrogen-bond donors (Lipinski definition) is 0. The van der Waals surface area contributed by atoms with Crippen molar-refractivity contribution in [3.63, 3.8) is 0 Å².